The van der Waals surface area contributed by atoms with Gasteiger partial charge in [0.05, 0.1) is 0 Å². The van der Waals surface area contributed by atoms with Crippen LogP contribution < -0.4 is 5.32 Å². The highest BCUT2D eigenvalue weighted by molar-refractivity contribution is 7.99. The fourth-order valence-corrected chi connectivity index (χ4v) is 2.42. The van der Waals surface area contributed by atoms with Gasteiger partial charge < -0.3 is 9.73 Å². The average Bonchev–Trinajstić information content (AvgIpc) is 2.80. The number of fused-ring (bicyclic) bond motifs is 1. The van der Waals surface area contributed by atoms with Crippen LogP contribution in [-0.2, 0) is 6.42 Å². The van der Waals surface area contributed by atoms with Crippen LogP contribution >= 0.6 is 11.8 Å². The molecule has 1 aromatic carbocycles. The first kappa shape index (κ1) is 13.3. The van der Waals surface area contributed by atoms with Crippen LogP contribution in [0, 0.1) is 0 Å². The summed E-state index contributed by atoms with van der Waals surface area (Å²) in [6.07, 6.45) is 2.03. The van der Waals surface area contributed by atoms with Gasteiger partial charge in [-0.3, -0.25) is 0 Å². The average molecular weight is 264 g/mol. The van der Waals surface area contributed by atoms with E-state index in [0.29, 0.717) is 0 Å². The molecule has 4 heteroatoms. The third-order valence-electron chi connectivity index (χ3n) is 2.73. The number of nitrogens with zero attached hydrogens (tertiary/aromatic N) is 1. The number of hydrogen-bond acceptors (Lipinski definition) is 4. The Morgan fingerprint density at radius 1 is 1.33 bits per heavy atom. The van der Waals surface area contributed by atoms with Gasteiger partial charge in [-0.05, 0) is 36.1 Å². The lowest BCUT2D eigenvalue weighted by Crippen LogP contribution is -2.02. The minimum Gasteiger partial charge on any atom is -0.441 e. The fourth-order valence-electron chi connectivity index (χ4n) is 1.79. The van der Waals surface area contributed by atoms with E-state index in [9.17, 15) is 0 Å². The molecule has 0 aliphatic rings. The number of aryl methyl sites for hydroxylation is 1. The van der Waals surface area contributed by atoms with Gasteiger partial charge in [0, 0.05) is 18.7 Å². The topological polar surface area (TPSA) is 38.1 Å². The zero-order valence-corrected chi connectivity index (χ0v) is 11.8. The van der Waals surface area contributed by atoms with Gasteiger partial charge >= 0.3 is 0 Å². The van der Waals surface area contributed by atoms with Crippen molar-refractivity contribution in [2.75, 3.05) is 23.4 Å². The van der Waals surface area contributed by atoms with Crippen molar-refractivity contribution < 1.29 is 4.42 Å². The predicted octanol–water partition coefficient (Wildman–Crippen LogP) is 3.95. The van der Waals surface area contributed by atoms with E-state index in [4.69, 9.17) is 4.42 Å². The molecule has 0 saturated heterocycles. The van der Waals surface area contributed by atoms with Crippen molar-refractivity contribution in [2.45, 2.75) is 26.7 Å². The van der Waals surface area contributed by atoms with E-state index in [2.05, 4.69) is 36.3 Å². The van der Waals surface area contributed by atoms with Gasteiger partial charge in [0.25, 0.3) is 0 Å². The van der Waals surface area contributed by atoms with Crippen molar-refractivity contribution in [3.8, 4) is 0 Å². The molecule has 1 N–H and O–H groups in total. The molecule has 0 spiro atoms. The summed E-state index contributed by atoms with van der Waals surface area (Å²) < 4.78 is 5.59. The van der Waals surface area contributed by atoms with Gasteiger partial charge in [0.1, 0.15) is 5.52 Å². The van der Waals surface area contributed by atoms with E-state index in [1.807, 2.05) is 17.8 Å². The van der Waals surface area contributed by atoms with Crippen LogP contribution in [0.25, 0.3) is 11.1 Å². The second-order valence-electron chi connectivity index (χ2n) is 4.12. The van der Waals surface area contributed by atoms with Gasteiger partial charge in [-0.15, -0.1) is 0 Å². The lowest BCUT2D eigenvalue weighted by Gasteiger charge is -2.05. The van der Waals surface area contributed by atoms with Crippen LogP contribution in [-0.4, -0.2) is 23.0 Å². The van der Waals surface area contributed by atoms with Crippen molar-refractivity contribution in [1.82, 2.24) is 4.98 Å². The minimum absolute atomic E-state index is 0.807. The van der Waals surface area contributed by atoms with Crippen LogP contribution in [0.2, 0.25) is 0 Å². The molecule has 98 valence electrons. The molecule has 0 radical (unpaired) electrons. The zero-order chi connectivity index (χ0) is 12.8. The minimum atomic E-state index is 0.807. The lowest BCUT2D eigenvalue weighted by atomic mass is 10.3. The molecule has 0 aliphatic heterocycles. The van der Waals surface area contributed by atoms with E-state index in [-0.39, 0.29) is 0 Å². The highest BCUT2D eigenvalue weighted by Crippen LogP contribution is 2.20. The quantitative estimate of drug-likeness (QED) is 0.769. The SMILES string of the molecule is CCSCCCNc1ccc2oc(CC)nc2c1. The Bertz CT molecular complexity index is 495. The summed E-state index contributed by atoms with van der Waals surface area (Å²) in [5.74, 6) is 3.22. The van der Waals surface area contributed by atoms with E-state index in [0.717, 1.165) is 35.6 Å². The van der Waals surface area contributed by atoms with E-state index < -0.39 is 0 Å². The summed E-state index contributed by atoms with van der Waals surface area (Å²) >= 11 is 1.98. The second kappa shape index (κ2) is 6.69. The highest BCUT2D eigenvalue weighted by atomic mass is 32.2. The van der Waals surface area contributed by atoms with Gasteiger partial charge in [0.2, 0.25) is 0 Å². The number of oxazole rings is 1. The molecular weight excluding hydrogens is 244 g/mol. The lowest BCUT2D eigenvalue weighted by molar-refractivity contribution is 0.538. The standard InChI is InChI=1S/C14H20N2OS/c1-3-14-16-12-10-11(6-7-13(12)17-14)15-8-5-9-18-4-2/h6-7,10,15H,3-5,8-9H2,1-2H3. The maximum absolute atomic E-state index is 5.59. The monoisotopic (exact) mass is 264 g/mol. The van der Waals surface area contributed by atoms with Crippen molar-refractivity contribution >= 4 is 28.5 Å². The summed E-state index contributed by atoms with van der Waals surface area (Å²) in [4.78, 5) is 4.44. The Hall–Kier alpha value is -1.16. The van der Waals surface area contributed by atoms with Crippen LogP contribution in [0.3, 0.4) is 0 Å². The smallest absolute Gasteiger partial charge is 0.195 e. The van der Waals surface area contributed by atoms with Crippen LogP contribution in [0.4, 0.5) is 5.69 Å². The Labute approximate surface area is 112 Å². The number of thioether (sulfide) groups is 1. The summed E-state index contributed by atoms with van der Waals surface area (Å²) in [6.45, 7) is 5.26. The molecule has 1 aromatic heterocycles. The molecule has 2 aromatic rings. The summed E-state index contributed by atoms with van der Waals surface area (Å²) in [6, 6.07) is 6.11. The fraction of sp³-hybridized carbons (Fsp3) is 0.500. The molecule has 0 amide bonds. The molecule has 3 nitrogen and oxygen atoms in total. The van der Waals surface area contributed by atoms with Crippen LogP contribution in [0.15, 0.2) is 22.6 Å². The second-order valence-corrected chi connectivity index (χ2v) is 5.51. The maximum atomic E-state index is 5.59. The van der Waals surface area contributed by atoms with Crippen molar-refractivity contribution in [3.63, 3.8) is 0 Å². The van der Waals surface area contributed by atoms with Crippen molar-refractivity contribution in [1.29, 1.82) is 0 Å². The summed E-state index contributed by atoms with van der Waals surface area (Å²) in [7, 11) is 0. The number of anilines is 1. The Morgan fingerprint density at radius 3 is 3.00 bits per heavy atom. The van der Waals surface area contributed by atoms with Crippen molar-refractivity contribution in [3.05, 3.63) is 24.1 Å². The Kier molecular flexibility index (Phi) is 4.93. The molecule has 18 heavy (non-hydrogen) atoms. The predicted molar refractivity (Wildman–Crippen MR) is 79.5 cm³/mol. The number of aromatic nitrogens is 1. The maximum Gasteiger partial charge on any atom is 0.195 e. The van der Waals surface area contributed by atoms with Gasteiger partial charge in [-0.1, -0.05) is 13.8 Å². The normalized spacial score (nSPS) is 11.0. The molecule has 0 saturated carbocycles. The van der Waals surface area contributed by atoms with E-state index >= 15 is 0 Å². The molecule has 0 bridgehead atoms. The third-order valence-corrected chi connectivity index (χ3v) is 3.72. The third kappa shape index (κ3) is 3.42. The number of rotatable bonds is 7. The molecule has 2 rings (SSSR count). The van der Waals surface area contributed by atoms with E-state index in [1.54, 1.807) is 0 Å². The molecule has 0 fully saturated rings. The van der Waals surface area contributed by atoms with Gasteiger partial charge in [0.15, 0.2) is 11.5 Å². The Morgan fingerprint density at radius 2 is 2.22 bits per heavy atom. The largest absolute Gasteiger partial charge is 0.441 e. The van der Waals surface area contributed by atoms with Gasteiger partial charge in [-0.25, -0.2) is 4.98 Å². The van der Waals surface area contributed by atoms with E-state index in [1.165, 1.54) is 17.9 Å². The Balaban J connectivity index is 1.93. The summed E-state index contributed by atoms with van der Waals surface area (Å²) in [5.41, 5.74) is 2.94. The van der Waals surface area contributed by atoms with Crippen LogP contribution in [0.5, 0.6) is 0 Å². The zero-order valence-electron chi connectivity index (χ0n) is 11.0. The number of hydrogen-bond donors (Lipinski definition) is 1. The van der Waals surface area contributed by atoms with Crippen molar-refractivity contribution in [2.24, 2.45) is 0 Å². The molecule has 0 aliphatic carbocycles. The highest BCUT2D eigenvalue weighted by Gasteiger charge is 2.04. The number of benzene rings is 1. The van der Waals surface area contributed by atoms with Gasteiger partial charge in [-0.2, -0.15) is 11.8 Å². The summed E-state index contributed by atoms with van der Waals surface area (Å²) in [5, 5.41) is 3.43. The van der Waals surface area contributed by atoms with Crippen LogP contribution in [0.1, 0.15) is 26.2 Å². The molecule has 0 unspecified atom stereocenters. The first-order chi connectivity index (χ1) is 8.83. The molecular formula is C14H20N2OS. The molecule has 1 heterocycles. The number of nitrogens with one attached hydrogen (secondary N) is 1. The molecule has 0 atom stereocenters. The first-order valence-corrected chi connectivity index (χ1v) is 7.70. The first-order valence-electron chi connectivity index (χ1n) is 6.54.